The lowest BCUT2D eigenvalue weighted by molar-refractivity contribution is -0.286. The minimum Gasteiger partial charge on any atom is -0.439 e. The molecule has 16 heteroatoms. The van der Waals surface area contributed by atoms with Crippen molar-refractivity contribution in [3.63, 3.8) is 0 Å². The summed E-state index contributed by atoms with van der Waals surface area (Å²) in [7, 11) is -0.697. The van der Waals surface area contributed by atoms with Gasteiger partial charge >= 0.3 is 6.29 Å². The average molecular weight is 745 g/mol. The van der Waals surface area contributed by atoms with Crippen LogP contribution in [0.15, 0.2) is 83.9 Å². The molecule has 260 valence electrons. The highest BCUT2D eigenvalue weighted by atomic mass is 35.5. The monoisotopic (exact) mass is 743 g/mol. The Morgan fingerprint density at radius 2 is 1.70 bits per heavy atom. The van der Waals surface area contributed by atoms with Crippen LogP contribution in [-0.4, -0.2) is 73.2 Å². The van der Waals surface area contributed by atoms with E-state index in [0.29, 0.717) is 49.9 Å². The van der Waals surface area contributed by atoms with Gasteiger partial charge in [-0.15, -0.1) is 8.78 Å². The first-order chi connectivity index (χ1) is 23.8. The fourth-order valence-electron chi connectivity index (χ4n) is 5.87. The largest absolute Gasteiger partial charge is 0.586 e. The molecule has 0 atom stereocenters. The molecule has 50 heavy (non-hydrogen) atoms. The Hall–Kier alpha value is -4.63. The first kappa shape index (κ1) is 33.8. The zero-order chi connectivity index (χ0) is 35.4. The molecular weight excluding hydrogens is 715 g/mol. The van der Waals surface area contributed by atoms with Crippen LogP contribution in [0.5, 0.6) is 23.1 Å². The van der Waals surface area contributed by atoms with E-state index in [4.69, 9.17) is 27.9 Å². The number of aryl methyl sites for hydroxylation is 1. The number of rotatable bonds is 8. The van der Waals surface area contributed by atoms with Crippen molar-refractivity contribution in [3.8, 4) is 23.1 Å². The Morgan fingerprint density at radius 3 is 2.42 bits per heavy atom. The predicted octanol–water partition coefficient (Wildman–Crippen LogP) is 6.78. The minimum absolute atomic E-state index is 0.00872. The Kier molecular flexibility index (Phi) is 8.75. The van der Waals surface area contributed by atoms with E-state index in [1.54, 1.807) is 35.2 Å². The van der Waals surface area contributed by atoms with E-state index in [0.717, 1.165) is 20.8 Å². The summed E-state index contributed by atoms with van der Waals surface area (Å²) >= 11 is 12.0. The zero-order valence-electron chi connectivity index (χ0n) is 26.6. The number of carbonyl (C=O) groups excluding carboxylic acids is 1. The third-order valence-electron chi connectivity index (χ3n) is 8.62. The van der Waals surface area contributed by atoms with Crippen LogP contribution in [-0.2, 0) is 23.6 Å². The Morgan fingerprint density at radius 1 is 0.940 bits per heavy atom. The summed E-state index contributed by atoms with van der Waals surface area (Å²) < 4.78 is 70.9. The van der Waals surface area contributed by atoms with Gasteiger partial charge in [-0.2, -0.15) is 0 Å². The molecule has 5 aromatic rings. The molecule has 4 heterocycles. The van der Waals surface area contributed by atoms with Crippen molar-refractivity contribution in [1.29, 1.82) is 0 Å². The highest BCUT2D eigenvalue weighted by Gasteiger charge is 2.43. The second kappa shape index (κ2) is 12.9. The fraction of sp³-hybridized carbons (Fsp3) is 0.235. The van der Waals surface area contributed by atoms with Crippen LogP contribution in [0.2, 0.25) is 10.0 Å². The number of aromatic nitrogens is 2. The maximum Gasteiger partial charge on any atom is 0.586 e. The lowest BCUT2D eigenvalue weighted by Gasteiger charge is -2.34. The molecule has 0 aliphatic carbocycles. The van der Waals surface area contributed by atoms with Crippen molar-refractivity contribution in [2.75, 3.05) is 37.5 Å². The number of halogens is 4. The van der Waals surface area contributed by atoms with Gasteiger partial charge in [0.2, 0.25) is 5.88 Å². The summed E-state index contributed by atoms with van der Waals surface area (Å²) in [5.74, 6) is 0.645. The van der Waals surface area contributed by atoms with Crippen molar-refractivity contribution in [2.45, 2.75) is 17.7 Å². The van der Waals surface area contributed by atoms with Crippen LogP contribution < -0.4 is 18.5 Å². The predicted molar refractivity (Wildman–Crippen MR) is 183 cm³/mol. The number of amides is 1. The topological polar surface area (TPSA) is 106 Å². The van der Waals surface area contributed by atoms with Gasteiger partial charge in [-0.3, -0.25) is 14.0 Å². The van der Waals surface area contributed by atoms with E-state index in [2.05, 4.69) is 19.4 Å². The smallest absolute Gasteiger partial charge is 0.439 e. The van der Waals surface area contributed by atoms with E-state index in [1.165, 1.54) is 37.5 Å². The second-order valence-corrected chi connectivity index (χ2v) is 14.6. The van der Waals surface area contributed by atoms with Crippen molar-refractivity contribution in [1.82, 2.24) is 19.4 Å². The Balaban J connectivity index is 0.982. The van der Waals surface area contributed by atoms with Gasteiger partial charge in [0, 0.05) is 64.3 Å². The third-order valence-corrected chi connectivity index (χ3v) is 11.1. The summed E-state index contributed by atoms with van der Waals surface area (Å²) in [5.41, 5.74) is 2.42. The number of benzene rings is 3. The molecule has 0 bridgehead atoms. The van der Waals surface area contributed by atoms with Crippen molar-refractivity contribution in [2.24, 2.45) is 7.05 Å². The van der Waals surface area contributed by atoms with Gasteiger partial charge in [-0.25, -0.2) is 13.4 Å². The van der Waals surface area contributed by atoms with Crippen LogP contribution in [0.4, 0.5) is 14.5 Å². The number of alkyl halides is 2. The number of carbonyl (C=O) groups is 1. The number of sulfonamides is 1. The van der Waals surface area contributed by atoms with Crippen molar-refractivity contribution < 1.29 is 36.2 Å². The van der Waals surface area contributed by atoms with Gasteiger partial charge in [-0.1, -0.05) is 29.3 Å². The minimum atomic E-state index is -3.92. The molecule has 0 spiro atoms. The van der Waals surface area contributed by atoms with Crippen LogP contribution in [0.25, 0.3) is 10.9 Å². The number of nitrogens with zero attached hydrogens (tertiary/aromatic N) is 5. The second-order valence-electron chi connectivity index (χ2n) is 11.8. The van der Waals surface area contributed by atoms with Gasteiger partial charge in [0.1, 0.15) is 11.4 Å². The highest BCUT2D eigenvalue weighted by molar-refractivity contribution is 7.92. The molecule has 0 N–H and O–H groups in total. The number of pyridine rings is 1. The van der Waals surface area contributed by atoms with Gasteiger partial charge in [0.05, 0.1) is 32.3 Å². The van der Waals surface area contributed by atoms with E-state index in [-0.39, 0.29) is 38.2 Å². The molecule has 0 radical (unpaired) electrons. The summed E-state index contributed by atoms with van der Waals surface area (Å²) in [6.45, 7) is 2.75. The highest BCUT2D eigenvalue weighted by Crippen LogP contribution is 2.41. The molecule has 1 fully saturated rings. The van der Waals surface area contributed by atoms with Gasteiger partial charge in [0.25, 0.3) is 15.9 Å². The number of ether oxygens (including phenoxy) is 3. The molecule has 7 rings (SSSR count). The third kappa shape index (κ3) is 6.63. The number of piperazine rings is 1. The van der Waals surface area contributed by atoms with Crippen LogP contribution in [0.1, 0.15) is 16.1 Å². The summed E-state index contributed by atoms with van der Waals surface area (Å²) in [4.78, 5) is 21.8. The van der Waals surface area contributed by atoms with E-state index in [1.807, 2.05) is 29.8 Å². The standard InChI is InChI=1S/C34H29Cl2F2N5O6S/c1-40-28-17-24(47-32-10-5-23(19-39-32)41(2)50(45,46)25-7-8-26(35)27(36)18-25)6-4-22(28)16-29(40)33(44)43-13-11-42(12-14-43)20-21-3-9-30-31(15-21)49-34(37,38)48-30/h3-10,15-19H,11-14,20H2,1-2H3. The molecule has 1 saturated heterocycles. The SMILES string of the molecule is CN(c1ccc(Oc2ccc3cc(C(=O)N4CCN(Cc5ccc6c(c5)OC(F)(F)O6)CC4)n(C)c3c2)nc1)S(=O)(=O)c1ccc(Cl)c(Cl)c1. The van der Waals surface area contributed by atoms with Gasteiger partial charge < -0.3 is 23.7 Å². The lowest BCUT2D eigenvalue weighted by Crippen LogP contribution is -2.48. The fourth-order valence-corrected chi connectivity index (χ4v) is 7.45. The van der Waals surface area contributed by atoms with Crippen LogP contribution in [0, 0.1) is 0 Å². The van der Waals surface area contributed by atoms with Gasteiger partial charge in [0.15, 0.2) is 11.5 Å². The Bertz CT molecular complexity index is 2230. The average Bonchev–Trinajstić information content (AvgIpc) is 3.59. The molecule has 3 aromatic carbocycles. The van der Waals surface area contributed by atoms with Crippen molar-refractivity contribution >= 4 is 55.7 Å². The molecular formula is C34H29Cl2F2N5O6S. The number of anilines is 1. The van der Waals surface area contributed by atoms with E-state index in [9.17, 15) is 22.0 Å². The zero-order valence-corrected chi connectivity index (χ0v) is 29.0. The molecule has 2 aliphatic rings. The normalized spacial score (nSPS) is 15.8. The van der Waals surface area contributed by atoms with E-state index < -0.39 is 16.3 Å². The molecule has 2 aromatic heterocycles. The quantitative estimate of drug-likeness (QED) is 0.171. The van der Waals surface area contributed by atoms with E-state index >= 15 is 0 Å². The van der Waals surface area contributed by atoms with Crippen LogP contribution >= 0.6 is 23.2 Å². The first-order valence-corrected chi connectivity index (χ1v) is 17.5. The molecule has 0 unspecified atom stereocenters. The summed E-state index contributed by atoms with van der Waals surface area (Å²) in [6, 6.07) is 19.3. The van der Waals surface area contributed by atoms with Crippen molar-refractivity contribution in [3.05, 3.63) is 100 Å². The number of hydrogen-bond acceptors (Lipinski definition) is 8. The first-order valence-electron chi connectivity index (χ1n) is 15.4. The maximum absolute atomic E-state index is 13.6. The molecule has 0 saturated carbocycles. The Labute approximate surface area is 296 Å². The number of hydrogen-bond donors (Lipinski definition) is 0. The number of fused-ring (bicyclic) bond motifs is 2. The summed E-state index contributed by atoms with van der Waals surface area (Å²) in [6.07, 6.45) is -2.27. The van der Waals surface area contributed by atoms with Crippen LogP contribution in [0.3, 0.4) is 0 Å². The summed E-state index contributed by atoms with van der Waals surface area (Å²) in [5, 5.41) is 1.23. The maximum atomic E-state index is 13.6. The molecule has 11 nitrogen and oxygen atoms in total. The van der Waals surface area contributed by atoms with Gasteiger partial charge in [-0.05, 0) is 60.2 Å². The molecule has 1 amide bonds. The lowest BCUT2D eigenvalue weighted by atomic mass is 10.1. The molecule has 2 aliphatic heterocycles.